The number of piperidine rings is 1. The number of benzene rings is 2. The van der Waals surface area contributed by atoms with Crippen molar-refractivity contribution in [3.63, 3.8) is 0 Å². The predicted octanol–water partition coefficient (Wildman–Crippen LogP) is 2.30. The van der Waals surface area contributed by atoms with Gasteiger partial charge in [0.1, 0.15) is 0 Å². The van der Waals surface area contributed by atoms with E-state index in [1.807, 2.05) is 25.1 Å². The minimum atomic E-state index is -0.309. The van der Waals surface area contributed by atoms with Gasteiger partial charge in [0.2, 0.25) is 11.8 Å². The summed E-state index contributed by atoms with van der Waals surface area (Å²) in [4.78, 5) is 23.0. The van der Waals surface area contributed by atoms with E-state index in [2.05, 4.69) is 34.9 Å². The van der Waals surface area contributed by atoms with Gasteiger partial charge in [-0.25, -0.2) is 0 Å². The molecule has 2 amide bonds. The van der Waals surface area contributed by atoms with E-state index in [4.69, 9.17) is 0 Å². The molecule has 2 aromatic rings. The van der Waals surface area contributed by atoms with Gasteiger partial charge in [-0.1, -0.05) is 42.5 Å². The molecule has 2 atom stereocenters. The van der Waals surface area contributed by atoms with Gasteiger partial charge in [0.15, 0.2) is 0 Å². The Kier molecular flexibility index (Phi) is 3.71. The molecule has 1 aliphatic rings. The molecule has 4 nitrogen and oxygen atoms in total. The average molecular weight is 282 g/mol. The molecule has 108 valence electrons. The number of imide groups is 1. The van der Waals surface area contributed by atoms with E-state index in [0.717, 1.165) is 5.56 Å². The lowest BCUT2D eigenvalue weighted by Gasteiger charge is -2.26. The molecule has 0 saturated carbocycles. The molecule has 2 unspecified atom stereocenters. The fourth-order valence-electron chi connectivity index (χ4n) is 2.87. The molecule has 1 fully saturated rings. The van der Waals surface area contributed by atoms with Crippen LogP contribution in [0, 0.1) is 0 Å². The first-order valence-electron chi connectivity index (χ1n) is 7.22. The molecule has 2 N–H and O–H groups in total. The van der Waals surface area contributed by atoms with Crippen LogP contribution in [0.1, 0.15) is 31.4 Å². The SMILES string of the molecule is CC(NC1CCC(=O)NC1=O)c1cccc2ccccc12. The number of amides is 2. The monoisotopic (exact) mass is 282 g/mol. The zero-order chi connectivity index (χ0) is 14.8. The molecule has 2 aromatic carbocycles. The third-order valence-corrected chi connectivity index (χ3v) is 3.98. The van der Waals surface area contributed by atoms with Crippen molar-refractivity contribution in [2.24, 2.45) is 0 Å². The largest absolute Gasteiger partial charge is 0.299 e. The Balaban J connectivity index is 1.82. The first-order valence-corrected chi connectivity index (χ1v) is 7.22. The molecule has 21 heavy (non-hydrogen) atoms. The third kappa shape index (κ3) is 2.81. The van der Waals surface area contributed by atoms with E-state index in [1.165, 1.54) is 10.8 Å². The molecule has 0 aromatic heterocycles. The van der Waals surface area contributed by atoms with Gasteiger partial charge in [-0.3, -0.25) is 20.2 Å². The highest BCUT2D eigenvalue weighted by Crippen LogP contribution is 2.25. The fraction of sp³-hybridized carbons (Fsp3) is 0.294. The van der Waals surface area contributed by atoms with Gasteiger partial charge < -0.3 is 0 Å². The molecule has 1 aliphatic heterocycles. The molecule has 4 heteroatoms. The van der Waals surface area contributed by atoms with Crippen molar-refractivity contribution in [1.29, 1.82) is 0 Å². The first kappa shape index (κ1) is 13.8. The van der Waals surface area contributed by atoms with Crippen molar-refractivity contribution in [3.05, 3.63) is 48.0 Å². The van der Waals surface area contributed by atoms with Crippen LogP contribution >= 0.6 is 0 Å². The number of carbonyl (C=O) groups excluding carboxylic acids is 2. The van der Waals surface area contributed by atoms with Crippen molar-refractivity contribution in [1.82, 2.24) is 10.6 Å². The summed E-state index contributed by atoms with van der Waals surface area (Å²) < 4.78 is 0. The quantitative estimate of drug-likeness (QED) is 0.849. The topological polar surface area (TPSA) is 58.2 Å². The maximum absolute atomic E-state index is 11.8. The van der Waals surface area contributed by atoms with Crippen molar-refractivity contribution in [2.45, 2.75) is 31.8 Å². The predicted molar refractivity (Wildman–Crippen MR) is 81.7 cm³/mol. The van der Waals surface area contributed by atoms with Crippen LogP contribution in [-0.4, -0.2) is 17.9 Å². The summed E-state index contributed by atoms with van der Waals surface area (Å²) in [6.45, 7) is 2.05. The van der Waals surface area contributed by atoms with Crippen LogP contribution in [0.5, 0.6) is 0 Å². The molecule has 0 bridgehead atoms. The van der Waals surface area contributed by atoms with E-state index in [9.17, 15) is 9.59 Å². The van der Waals surface area contributed by atoms with Crippen LogP contribution in [0.3, 0.4) is 0 Å². The summed E-state index contributed by atoms with van der Waals surface area (Å²) in [7, 11) is 0. The zero-order valence-electron chi connectivity index (χ0n) is 11.9. The highest BCUT2D eigenvalue weighted by Gasteiger charge is 2.27. The van der Waals surface area contributed by atoms with Crippen molar-refractivity contribution >= 4 is 22.6 Å². The Bertz CT molecular complexity index is 691. The summed E-state index contributed by atoms with van der Waals surface area (Å²) in [5, 5.41) is 8.09. The third-order valence-electron chi connectivity index (χ3n) is 3.98. The number of hydrogen-bond acceptors (Lipinski definition) is 3. The normalized spacial score (nSPS) is 20.3. The summed E-state index contributed by atoms with van der Waals surface area (Å²) in [6.07, 6.45) is 0.950. The van der Waals surface area contributed by atoms with Gasteiger partial charge in [0.25, 0.3) is 0 Å². The van der Waals surface area contributed by atoms with Gasteiger partial charge in [-0.2, -0.15) is 0 Å². The Morgan fingerprint density at radius 1 is 1.14 bits per heavy atom. The van der Waals surface area contributed by atoms with Crippen LogP contribution in [-0.2, 0) is 9.59 Å². The van der Waals surface area contributed by atoms with Gasteiger partial charge in [0.05, 0.1) is 6.04 Å². The number of nitrogens with one attached hydrogen (secondary N) is 2. The molecular formula is C17H18N2O2. The number of fused-ring (bicyclic) bond motifs is 1. The van der Waals surface area contributed by atoms with Crippen molar-refractivity contribution < 1.29 is 9.59 Å². The second kappa shape index (κ2) is 5.66. The van der Waals surface area contributed by atoms with Crippen LogP contribution in [0.15, 0.2) is 42.5 Å². The second-order valence-corrected chi connectivity index (χ2v) is 5.46. The van der Waals surface area contributed by atoms with Gasteiger partial charge in [0, 0.05) is 12.5 Å². The Morgan fingerprint density at radius 3 is 2.71 bits per heavy atom. The summed E-state index contributed by atoms with van der Waals surface area (Å²) in [5.74, 6) is -0.408. The minimum absolute atomic E-state index is 0.0417. The van der Waals surface area contributed by atoms with Crippen LogP contribution in [0.2, 0.25) is 0 Å². The average Bonchev–Trinajstić information content (AvgIpc) is 2.49. The Morgan fingerprint density at radius 2 is 1.90 bits per heavy atom. The smallest absolute Gasteiger partial charge is 0.243 e. The van der Waals surface area contributed by atoms with E-state index in [-0.39, 0.29) is 23.9 Å². The van der Waals surface area contributed by atoms with E-state index < -0.39 is 0 Å². The summed E-state index contributed by atoms with van der Waals surface area (Å²) in [6, 6.07) is 14.1. The lowest BCUT2D eigenvalue weighted by molar-refractivity contribution is -0.134. The number of rotatable bonds is 3. The lowest BCUT2D eigenvalue weighted by atomic mass is 9.98. The molecule has 0 spiro atoms. The molecule has 0 radical (unpaired) electrons. The van der Waals surface area contributed by atoms with Crippen LogP contribution in [0.4, 0.5) is 0 Å². The Hall–Kier alpha value is -2.20. The van der Waals surface area contributed by atoms with Gasteiger partial charge in [-0.05, 0) is 29.7 Å². The van der Waals surface area contributed by atoms with Crippen molar-refractivity contribution in [2.75, 3.05) is 0 Å². The number of carbonyl (C=O) groups is 2. The van der Waals surface area contributed by atoms with Gasteiger partial charge in [-0.15, -0.1) is 0 Å². The fourth-order valence-corrected chi connectivity index (χ4v) is 2.87. The van der Waals surface area contributed by atoms with E-state index in [1.54, 1.807) is 0 Å². The molecule has 0 aliphatic carbocycles. The maximum Gasteiger partial charge on any atom is 0.243 e. The lowest BCUT2D eigenvalue weighted by Crippen LogP contribution is -2.51. The minimum Gasteiger partial charge on any atom is -0.299 e. The second-order valence-electron chi connectivity index (χ2n) is 5.46. The van der Waals surface area contributed by atoms with Crippen LogP contribution in [0.25, 0.3) is 10.8 Å². The zero-order valence-corrected chi connectivity index (χ0v) is 11.9. The maximum atomic E-state index is 11.8. The van der Waals surface area contributed by atoms with E-state index >= 15 is 0 Å². The first-order chi connectivity index (χ1) is 10.1. The summed E-state index contributed by atoms with van der Waals surface area (Å²) in [5.41, 5.74) is 1.16. The van der Waals surface area contributed by atoms with E-state index in [0.29, 0.717) is 12.8 Å². The molecular weight excluding hydrogens is 264 g/mol. The molecule has 3 rings (SSSR count). The summed E-state index contributed by atoms with van der Waals surface area (Å²) >= 11 is 0. The standard InChI is InChI=1S/C17H18N2O2/c1-11(18-15-9-10-16(20)19-17(15)21)13-8-4-6-12-5-2-3-7-14(12)13/h2-8,11,15,18H,9-10H2,1H3,(H,19,20,21). The van der Waals surface area contributed by atoms with Crippen LogP contribution < -0.4 is 10.6 Å². The molecule has 1 heterocycles. The highest BCUT2D eigenvalue weighted by molar-refractivity contribution is 6.00. The molecule has 1 saturated heterocycles. The van der Waals surface area contributed by atoms with Gasteiger partial charge >= 0.3 is 0 Å². The van der Waals surface area contributed by atoms with Crippen molar-refractivity contribution in [3.8, 4) is 0 Å². The Labute approximate surface area is 123 Å². The highest BCUT2D eigenvalue weighted by atomic mass is 16.2. The number of hydrogen-bond donors (Lipinski definition) is 2.